The molecule has 160 valence electrons. The summed E-state index contributed by atoms with van der Waals surface area (Å²) in [5, 5.41) is 8.03. The first-order valence-electron chi connectivity index (χ1n) is 9.37. The number of hydrogen-bond acceptors (Lipinski definition) is 6. The molecule has 2 aromatic rings. The molecular weight excluding hydrogens is 434 g/mol. The number of piperazine rings is 1. The predicted octanol–water partition coefficient (Wildman–Crippen LogP) is 4.87. The van der Waals surface area contributed by atoms with Crippen LogP contribution in [0.2, 0.25) is 0 Å². The van der Waals surface area contributed by atoms with E-state index in [-0.39, 0.29) is 30.6 Å². The van der Waals surface area contributed by atoms with Gasteiger partial charge in [-0.25, -0.2) is 9.38 Å². The third-order valence-electron chi connectivity index (χ3n) is 4.99. The maximum Gasteiger partial charge on any atom is 0.139 e. The minimum absolute atomic E-state index is 0. The average Bonchev–Trinajstić information content (AvgIpc) is 2.94. The minimum atomic E-state index is -0.255. The van der Waals surface area contributed by atoms with Crippen molar-refractivity contribution in [1.82, 2.24) is 10.2 Å². The first kappa shape index (κ1) is 23.9. The Balaban J connectivity index is 0.00000150. The molecule has 1 aromatic heterocycles. The Morgan fingerprint density at radius 2 is 2.14 bits per heavy atom. The molecule has 0 amide bonds. The molecule has 4 rings (SSSR count). The van der Waals surface area contributed by atoms with E-state index in [4.69, 9.17) is 9.73 Å². The highest BCUT2D eigenvalue weighted by Crippen LogP contribution is 2.39. The number of ether oxygens (including phenoxy) is 1. The zero-order valence-corrected chi connectivity index (χ0v) is 19.0. The number of aliphatic imine (C=N–C) groups is 1. The van der Waals surface area contributed by atoms with Crippen molar-refractivity contribution in [1.29, 1.82) is 0 Å². The van der Waals surface area contributed by atoms with Gasteiger partial charge in [-0.2, -0.15) is 0 Å². The molecule has 1 fully saturated rings. The first-order chi connectivity index (χ1) is 13.1. The molecule has 5 nitrogen and oxygen atoms in total. The molecule has 1 unspecified atom stereocenters. The monoisotopic (exact) mass is 460 g/mol. The maximum atomic E-state index is 13.7. The van der Waals surface area contributed by atoms with Gasteiger partial charge < -0.3 is 20.3 Å². The molecule has 1 aromatic carbocycles. The van der Waals surface area contributed by atoms with E-state index in [9.17, 15) is 4.39 Å². The molecule has 2 aliphatic rings. The summed E-state index contributed by atoms with van der Waals surface area (Å²) in [5.41, 5.74) is 2.61. The Morgan fingerprint density at radius 1 is 1.31 bits per heavy atom. The highest BCUT2D eigenvalue weighted by molar-refractivity contribution is 7.16. The highest BCUT2D eigenvalue weighted by atomic mass is 35.5. The van der Waals surface area contributed by atoms with E-state index in [0.29, 0.717) is 6.04 Å². The number of anilines is 2. The summed E-state index contributed by atoms with van der Waals surface area (Å²) in [4.78, 5) is 8.53. The fourth-order valence-electron chi connectivity index (χ4n) is 3.70. The van der Waals surface area contributed by atoms with Crippen molar-refractivity contribution in [3.05, 3.63) is 40.5 Å². The molecule has 2 aliphatic heterocycles. The minimum Gasteiger partial charge on any atom is -0.385 e. The second-order valence-corrected chi connectivity index (χ2v) is 8.31. The van der Waals surface area contributed by atoms with Crippen LogP contribution in [0.4, 0.5) is 20.8 Å². The number of benzene rings is 1. The van der Waals surface area contributed by atoms with Crippen molar-refractivity contribution in [2.75, 3.05) is 38.7 Å². The van der Waals surface area contributed by atoms with Crippen LogP contribution in [0, 0.1) is 12.7 Å². The van der Waals surface area contributed by atoms with Gasteiger partial charge in [-0.1, -0.05) is 0 Å². The summed E-state index contributed by atoms with van der Waals surface area (Å²) in [6.07, 6.45) is 2.12. The van der Waals surface area contributed by atoms with Crippen LogP contribution in [0.15, 0.2) is 29.3 Å². The standard InChI is InChI=1S/C20H25FN4OS.2ClH/c1-13-10-16-19(25-8-7-22-15(12-25)4-3-9-26-2)23-17-6-5-14(21)11-18(17)24-20(16)27-13;;/h5-6,10-11,15,22,24H,3-4,7-9,12H2,1-2H3;2*1H. The second-order valence-electron chi connectivity index (χ2n) is 7.05. The van der Waals surface area contributed by atoms with Crippen molar-refractivity contribution >= 4 is 58.4 Å². The maximum absolute atomic E-state index is 13.7. The highest BCUT2D eigenvalue weighted by Gasteiger charge is 2.27. The molecular formula is C20H27Cl2FN4OS. The molecule has 1 atom stereocenters. The fraction of sp³-hybridized carbons (Fsp3) is 0.450. The van der Waals surface area contributed by atoms with Gasteiger partial charge in [0.1, 0.15) is 16.7 Å². The van der Waals surface area contributed by atoms with Gasteiger partial charge in [-0.05, 0) is 44.0 Å². The molecule has 0 spiro atoms. The van der Waals surface area contributed by atoms with Gasteiger partial charge in [0.15, 0.2) is 0 Å². The Hall–Kier alpha value is -1.38. The lowest BCUT2D eigenvalue weighted by atomic mass is 10.1. The number of aryl methyl sites for hydroxylation is 1. The number of nitrogens with one attached hydrogen (secondary N) is 2. The number of halogens is 3. The van der Waals surface area contributed by atoms with E-state index in [1.165, 1.54) is 17.0 Å². The van der Waals surface area contributed by atoms with E-state index >= 15 is 0 Å². The summed E-state index contributed by atoms with van der Waals surface area (Å²) in [6.45, 7) is 5.63. The summed E-state index contributed by atoms with van der Waals surface area (Å²) >= 11 is 1.69. The van der Waals surface area contributed by atoms with Crippen LogP contribution in [0.5, 0.6) is 0 Å². The Kier molecular flexibility index (Phi) is 8.73. The molecule has 0 saturated carbocycles. The molecule has 29 heavy (non-hydrogen) atoms. The third-order valence-corrected chi connectivity index (χ3v) is 5.95. The van der Waals surface area contributed by atoms with Gasteiger partial charge in [0.05, 0.1) is 16.9 Å². The average molecular weight is 461 g/mol. The van der Waals surface area contributed by atoms with Crippen molar-refractivity contribution < 1.29 is 9.13 Å². The molecule has 0 bridgehead atoms. The molecule has 9 heteroatoms. The van der Waals surface area contributed by atoms with Crippen LogP contribution in [-0.4, -0.2) is 50.1 Å². The number of methoxy groups -OCH3 is 1. The van der Waals surface area contributed by atoms with Crippen molar-refractivity contribution in [3.63, 3.8) is 0 Å². The van der Waals surface area contributed by atoms with Gasteiger partial charge in [0.25, 0.3) is 0 Å². The van der Waals surface area contributed by atoms with Crippen LogP contribution in [0.25, 0.3) is 0 Å². The Morgan fingerprint density at radius 3 is 2.93 bits per heavy atom. The van der Waals surface area contributed by atoms with Crippen molar-refractivity contribution in [2.24, 2.45) is 4.99 Å². The molecule has 2 N–H and O–H groups in total. The van der Waals surface area contributed by atoms with E-state index in [1.54, 1.807) is 24.5 Å². The summed E-state index contributed by atoms with van der Waals surface area (Å²) in [6, 6.07) is 7.34. The summed E-state index contributed by atoms with van der Waals surface area (Å²) < 4.78 is 18.9. The lowest BCUT2D eigenvalue weighted by Crippen LogP contribution is -2.52. The molecule has 3 heterocycles. The quantitative estimate of drug-likeness (QED) is 0.638. The van der Waals surface area contributed by atoms with E-state index in [2.05, 4.69) is 28.5 Å². The Labute approximate surface area is 187 Å². The summed E-state index contributed by atoms with van der Waals surface area (Å²) in [7, 11) is 1.74. The van der Waals surface area contributed by atoms with Crippen LogP contribution in [0.1, 0.15) is 23.3 Å². The number of amidine groups is 1. The third kappa shape index (κ3) is 5.41. The smallest absolute Gasteiger partial charge is 0.139 e. The van der Waals surface area contributed by atoms with E-state index in [0.717, 1.165) is 66.9 Å². The van der Waals surface area contributed by atoms with Gasteiger partial charge in [0.2, 0.25) is 0 Å². The van der Waals surface area contributed by atoms with E-state index in [1.807, 2.05) is 0 Å². The lowest BCUT2D eigenvalue weighted by molar-refractivity contribution is 0.182. The largest absolute Gasteiger partial charge is 0.385 e. The van der Waals surface area contributed by atoms with Crippen LogP contribution < -0.4 is 10.6 Å². The number of nitrogens with zero attached hydrogens (tertiary/aromatic N) is 2. The number of hydrogen-bond donors (Lipinski definition) is 2. The zero-order chi connectivity index (χ0) is 18.8. The van der Waals surface area contributed by atoms with Gasteiger partial charge in [0, 0.05) is 44.3 Å². The topological polar surface area (TPSA) is 48.9 Å². The van der Waals surface area contributed by atoms with Crippen LogP contribution in [0.3, 0.4) is 0 Å². The van der Waals surface area contributed by atoms with Crippen molar-refractivity contribution in [2.45, 2.75) is 25.8 Å². The number of fused-ring (bicyclic) bond motifs is 2. The lowest BCUT2D eigenvalue weighted by Gasteiger charge is -2.35. The van der Waals surface area contributed by atoms with E-state index < -0.39 is 0 Å². The van der Waals surface area contributed by atoms with Crippen molar-refractivity contribution in [3.8, 4) is 0 Å². The predicted molar refractivity (Wildman–Crippen MR) is 124 cm³/mol. The van der Waals surface area contributed by atoms with Gasteiger partial charge in [-0.3, -0.25) is 0 Å². The number of thiophene rings is 1. The van der Waals surface area contributed by atoms with Crippen LogP contribution >= 0.6 is 36.2 Å². The molecule has 0 aliphatic carbocycles. The first-order valence-corrected chi connectivity index (χ1v) is 10.2. The van der Waals surface area contributed by atoms with Gasteiger partial charge in [-0.15, -0.1) is 36.2 Å². The van der Waals surface area contributed by atoms with Crippen LogP contribution in [-0.2, 0) is 4.74 Å². The molecule has 1 saturated heterocycles. The Bertz CT molecular complexity index is 861. The zero-order valence-electron chi connectivity index (χ0n) is 16.5. The SMILES string of the molecule is COCCCC1CN(C2=Nc3ccc(F)cc3Nc3sc(C)cc32)CCN1.Cl.Cl. The normalized spacial score (nSPS) is 17.7. The summed E-state index contributed by atoms with van der Waals surface area (Å²) in [5.74, 6) is 0.723. The van der Waals surface area contributed by atoms with Gasteiger partial charge >= 0.3 is 0 Å². The second kappa shape index (κ2) is 10.6. The fourth-order valence-corrected chi connectivity index (χ4v) is 4.62. The number of rotatable bonds is 4. The molecule has 0 radical (unpaired) electrons.